The molecule has 0 aliphatic carbocycles. The summed E-state index contributed by atoms with van der Waals surface area (Å²) in [6.45, 7) is 5.61. The summed E-state index contributed by atoms with van der Waals surface area (Å²) in [5.41, 5.74) is 1.82. The number of amides is 1. The zero-order valence-electron chi connectivity index (χ0n) is 14.6. The topological polar surface area (TPSA) is 49.3 Å². The quantitative estimate of drug-likeness (QED) is 0.793. The highest BCUT2D eigenvalue weighted by Crippen LogP contribution is 2.34. The number of likely N-dealkylation sites (tertiary alicyclic amines) is 1. The van der Waals surface area contributed by atoms with Gasteiger partial charge in [-0.1, -0.05) is 12.1 Å². The Morgan fingerprint density at radius 2 is 1.84 bits per heavy atom. The van der Waals surface area contributed by atoms with Gasteiger partial charge >= 0.3 is 0 Å². The minimum atomic E-state index is 0.170. The Hall–Kier alpha value is -2.08. The molecule has 3 heterocycles. The molecule has 1 amide bonds. The molecule has 0 bridgehead atoms. The average molecular weight is 354 g/mol. The second-order valence-corrected chi connectivity index (χ2v) is 7.70. The summed E-state index contributed by atoms with van der Waals surface area (Å²) >= 11 is 1.63. The molecule has 2 aromatic rings. The Bertz CT molecular complexity index is 782. The van der Waals surface area contributed by atoms with Crippen molar-refractivity contribution in [3.05, 3.63) is 47.9 Å². The average Bonchev–Trinajstić information content (AvgIpc) is 3.20. The highest BCUT2D eigenvalue weighted by molar-refractivity contribution is 7.98. The van der Waals surface area contributed by atoms with Crippen LogP contribution in [-0.4, -0.2) is 53.2 Å². The maximum Gasteiger partial charge on any atom is 0.255 e. The van der Waals surface area contributed by atoms with E-state index in [-0.39, 0.29) is 5.91 Å². The summed E-state index contributed by atoms with van der Waals surface area (Å²) in [6, 6.07) is 9.94. The van der Waals surface area contributed by atoms with Crippen LogP contribution in [0.3, 0.4) is 0 Å². The number of hydrogen-bond acceptors (Lipinski definition) is 5. The molecule has 2 atom stereocenters. The lowest BCUT2D eigenvalue weighted by Gasteiger charge is -2.23. The maximum atomic E-state index is 12.9. The van der Waals surface area contributed by atoms with Crippen molar-refractivity contribution in [3.63, 3.8) is 0 Å². The minimum Gasteiger partial charge on any atom is -0.356 e. The van der Waals surface area contributed by atoms with Gasteiger partial charge in [-0.25, -0.2) is 9.97 Å². The van der Waals surface area contributed by atoms with Crippen molar-refractivity contribution in [1.29, 1.82) is 0 Å². The number of anilines is 1. The van der Waals surface area contributed by atoms with Crippen molar-refractivity contribution in [2.75, 3.05) is 37.3 Å². The molecule has 0 saturated carbocycles. The van der Waals surface area contributed by atoms with Gasteiger partial charge in [-0.2, -0.15) is 0 Å². The zero-order chi connectivity index (χ0) is 17.4. The van der Waals surface area contributed by atoms with Crippen LogP contribution in [0.4, 0.5) is 5.82 Å². The molecule has 0 N–H and O–H groups in total. The lowest BCUT2D eigenvalue weighted by Crippen LogP contribution is -2.33. The van der Waals surface area contributed by atoms with E-state index in [1.54, 1.807) is 18.1 Å². The lowest BCUT2D eigenvalue weighted by molar-refractivity contribution is 0.0779. The van der Waals surface area contributed by atoms with Gasteiger partial charge in [0.25, 0.3) is 5.91 Å². The fourth-order valence-electron chi connectivity index (χ4n) is 3.95. The molecule has 4 rings (SSSR count). The monoisotopic (exact) mass is 354 g/mol. The minimum absolute atomic E-state index is 0.170. The van der Waals surface area contributed by atoms with E-state index in [4.69, 9.17) is 0 Å². The SMILES string of the molecule is CSc1ccccc1C(=O)N1CC2CN(c3cc(C)ncn3)CC2C1. The third-order valence-electron chi connectivity index (χ3n) is 5.22. The number of aromatic nitrogens is 2. The molecule has 0 radical (unpaired) electrons. The Morgan fingerprint density at radius 3 is 2.52 bits per heavy atom. The number of carbonyl (C=O) groups is 1. The predicted octanol–water partition coefficient (Wildman–Crippen LogP) is 2.72. The highest BCUT2D eigenvalue weighted by Gasteiger charge is 2.42. The van der Waals surface area contributed by atoms with Gasteiger partial charge in [0.2, 0.25) is 0 Å². The number of fused-ring (bicyclic) bond motifs is 1. The molecule has 1 aromatic heterocycles. The molecular formula is C19H22N4OS. The van der Waals surface area contributed by atoms with E-state index in [2.05, 4.69) is 14.9 Å². The van der Waals surface area contributed by atoms with Crippen LogP contribution in [-0.2, 0) is 0 Å². The number of aryl methyl sites for hydroxylation is 1. The Labute approximate surface area is 152 Å². The standard InChI is InChI=1S/C19H22N4OS/c1-13-7-18(21-12-20-13)22-8-14-10-23(11-15(14)9-22)19(24)16-5-3-4-6-17(16)25-2/h3-7,12,14-15H,8-11H2,1-2H3. The van der Waals surface area contributed by atoms with E-state index >= 15 is 0 Å². The van der Waals surface area contributed by atoms with Crippen LogP contribution < -0.4 is 4.90 Å². The van der Waals surface area contributed by atoms with Crippen LogP contribution >= 0.6 is 11.8 Å². The second-order valence-electron chi connectivity index (χ2n) is 6.85. The normalized spacial score (nSPS) is 22.3. The fourth-order valence-corrected chi connectivity index (χ4v) is 4.54. The smallest absolute Gasteiger partial charge is 0.255 e. The summed E-state index contributed by atoms with van der Waals surface area (Å²) < 4.78 is 0. The van der Waals surface area contributed by atoms with Crippen molar-refractivity contribution in [1.82, 2.24) is 14.9 Å². The number of rotatable bonds is 3. The first kappa shape index (κ1) is 16.4. The number of thioether (sulfide) groups is 1. The van der Waals surface area contributed by atoms with Gasteiger partial charge in [-0.3, -0.25) is 4.79 Å². The summed E-state index contributed by atoms with van der Waals surface area (Å²) in [5.74, 6) is 2.23. The number of nitrogens with zero attached hydrogens (tertiary/aromatic N) is 4. The number of carbonyl (C=O) groups excluding carboxylic acids is 1. The van der Waals surface area contributed by atoms with Gasteiger partial charge in [-0.15, -0.1) is 11.8 Å². The van der Waals surface area contributed by atoms with Crippen LogP contribution in [0.25, 0.3) is 0 Å². The van der Waals surface area contributed by atoms with Crippen LogP contribution in [0.15, 0.2) is 41.6 Å². The maximum absolute atomic E-state index is 12.9. The largest absolute Gasteiger partial charge is 0.356 e. The zero-order valence-corrected chi connectivity index (χ0v) is 15.4. The molecule has 2 aliphatic heterocycles. The summed E-state index contributed by atoms with van der Waals surface area (Å²) in [7, 11) is 0. The van der Waals surface area contributed by atoms with Gasteiger partial charge < -0.3 is 9.80 Å². The second kappa shape index (κ2) is 6.67. The van der Waals surface area contributed by atoms with Crippen LogP contribution in [0, 0.1) is 18.8 Å². The predicted molar refractivity (Wildman–Crippen MR) is 100 cm³/mol. The van der Waals surface area contributed by atoms with E-state index in [1.165, 1.54) is 0 Å². The molecule has 2 aliphatic rings. The van der Waals surface area contributed by atoms with E-state index < -0.39 is 0 Å². The van der Waals surface area contributed by atoms with E-state index in [0.29, 0.717) is 11.8 Å². The Balaban J connectivity index is 1.45. The van der Waals surface area contributed by atoms with Gasteiger partial charge in [0.15, 0.2) is 0 Å². The Kier molecular flexibility index (Phi) is 4.37. The fraction of sp³-hybridized carbons (Fsp3) is 0.421. The number of hydrogen-bond donors (Lipinski definition) is 0. The first-order chi connectivity index (χ1) is 12.2. The summed E-state index contributed by atoms with van der Waals surface area (Å²) in [4.78, 5) is 26.9. The lowest BCUT2D eigenvalue weighted by atomic mass is 10.0. The van der Waals surface area contributed by atoms with Gasteiger partial charge in [-0.05, 0) is 25.3 Å². The summed E-state index contributed by atoms with van der Waals surface area (Å²) in [6.07, 6.45) is 3.65. The van der Waals surface area contributed by atoms with Gasteiger partial charge in [0.1, 0.15) is 12.1 Å². The highest BCUT2D eigenvalue weighted by atomic mass is 32.2. The molecular weight excluding hydrogens is 332 g/mol. The Morgan fingerprint density at radius 1 is 1.12 bits per heavy atom. The van der Waals surface area contributed by atoms with Crippen LogP contribution in [0.5, 0.6) is 0 Å². The molecule has 5 nitrogen and oxygen atoms in total. The third-order valence-corrected chi connectivity index (χ3v) is 6.02. The van der Waals surface area contributed by atoms with Crippen molar-refractivity contribution in [3.8, 4) is 0 Å². The molecule has 2 saturated heterocycles. The van der Waals surface area contributed by atoms with E-state index in [0.717, 1.165) is 48.1 Å². The molecule has 2 unspecified atom stereocenters. The third kappa shape index (κ3) is 3.11. The first-order valence-electron chi connectivity index (χ1n) is 8.61. The summed E-state index contributed by atoms with van der Waals surface area (Å²) in [5, 5.41) is 0. The molecule has 1 aromatic carbocycles. The molecule has 130 valence electrons. The molecule has 25 heavy (non-hydrogen) atoms. The van der Waals surface area contributed by atoms with E-state index in [1.807, 2.05) is 48.4 Å². The number of benzene rings is 1. The van der Waals surface area contributed by atoms with Crippen molar-refractivity contribution in [2.45, 2.75) is 11.8 Å². The van der Waals surface area contributed by atoms with Crippen LogP contribution in [0.1, 0.15) is 16.1 Å². The van der Waals surface area contributed by atoms with Crippen molar-refractivity contribution >= 4 is 23.5 Å². The molecule has 0 spiro atoms. The molecule has 6 heteroatoms. The van der Waals surface area contributed by atoms with E-state index in [9.17, 15) is 4.79 Å². The first-order valence-corrected chi connectivity index (χ1v) is 9.84. The molecule has 2 fully saturated rings. The van der Waals surface area contributed by atoms with Crippen molar-refractivity contribution in [2.24, 2.45) is 11.8 Å². The van der Waals surface area contributed by atoms with Gasteiger partial charge in [0.05, 0.1) is 5.56 Å². The van der Waals surface area contributed by atoms with Gasteiger partial charge in [0, 0.05) is 54.7 Å². The van der Waals surface area contributed by atoms with Crippen molar-refractivity contribution < 1.29 is 4.79 Å². The van der Waals surface area contributed by atoms with Crippen LogP contribution in [0.2, 0.25) is 0 Å².